The first kappa shape index (κ1) is 23.0. The maximum absolute atomic E-state index is 14.6. The Labute approximate surface area is 190 Å². The van der Waals surface area contributed by atoms with Crippen LogP contribution in [0, 0.1) is 11.6 Å². The van der Waals surface area contributed by atoms with Crippen LogP contribution in [0.2, 0.25) is 0 Å². The van der Waals surface area contributed by atoms with Crippen molar-refractivity contribution in [3.63, 3.8) is 0 Å². The van der Waals surface area contributed by atoms with E-state index in [4.69, 9.17) is 0 Å². The van der Waals surface area contributed by atoms with Crippen molar-refractivity contribution in [1.29, 1.82) is 0 Å². The number of benzene rings is 2. The van der Waals surface area contributed by atoms with Crippen molar-refractivity contribution in [3.8, 4) is 11.4 Å². The molecule has 4 rings (SSSR count). The number of nitrogens with one attached hydrogen (secondary N) is 1. The second kappa shape index (κ2) is 9.36. The van der Waals surface area contributed by atoms with Gasteiger partial charge in [-0.1, -0.05) is 6.42 Å². The van der Waals surface area contributed by atoms with Gasteiger partial charge in [-0.2, -0.15) is 4.31 Å². The zero-order chi connectivity index (χ0) is 23.6. The van der Waals surface area contributed by atoms with E-state index in [1.54, 1.807) is 0 Å². The maximum atomic E-state index is 14.6. The number of fused-ring (bicyclic) bond motifs is 1. The number of aryl methyl sites for hydroxylation is 1. The second-order valence-electron chi connectivity index (χ2n) is 7.86. The molecule has 0 saturated heterocycles. The van der Waals surface area contributed by atoms with Crippen LogP contribution in [0.3, 0.4) is 0 Å². The third-order valence-corrected chi connectivity index (χ3v) is 7.31. The van der Waals surface area contributed by atoms with Crippen LogP contribution >= 0.6 is 0 Å². The molecule has 0 fully saturated rings. The van der Waals surface area contributed by atoms with Crippen LogP contribution in [0.4, 0.5) is 14.5 Å². The summed E-state index contributed by atoms with van der Waals surface area (Å²) in [5.74, 6) is -0.462. The lowest BCUT2D eigenvalue weighted by molar-refractivity contribution is -0.116. The van der Waals surface area contributed by atoms with Crippen molar-refractivity contribution in [2.24, 2.45) is 0 Å². The van der Waals surface area contributed by atoms with Gasteiger partial charge in [0, 0.05) is 25.7 Å². The third kappa shape index (κ3) is 4.93. The molecule has 3 aromatic rings. The van der Waals surface area contributed by atoms with E-state index in [1.807, 2.05) is 4.57 Å². The Morgan fingerprint density at radius 3 is 2.61 bits per heavy atom. The van der Waals surface area contributed by atoms with Gasteiger partial charge in [0.15, 0.2) is 5.82 Å². The number of halogens is 2. The highest BCUT2D eigenvalue weighted by Crippen LogP contribution is 2.27. The number of aromatic nitrogens is 3. The Kier molecular flexibility index (Phi) is 6.52. The Morgan fingerprint density at radius 1 is 1.09 bits per heavy atom. The normalized spacial score (nSPS) is 14.1. The molecule has 33 heavy (non-hydrogen) atoms. The van der Waals surface area contributed by atoms with Crippen molar-refractivity contribution in [1.82, 2.24) is 19.1 Å². The lowest BCUT2D eigenvalue weighted by Crippen LogP contribution is -2.35. The number of rotatable bonds is 6. The molecule has 8 nitrogen and oxygen atoms in total. The highest BCUT2D eigenvalue weighted by atomic mass is 32.2. The number of carbonyl (C=O) groups excluding carboxylic acids is 1. The predicted octanol–water partition coefficient (Wildman–Crippen LogP) is 3.21. The molecule has 174 valence electrons. The number of likely N-dealkylation sites (N-methyl/N-ethyl adjacent to an activating group) is 1. The highest BCUT2D eigenvalue weighted by Gasteiger charge is 2.24. The van der Waals surface area contributed by atoms with Gasteiger partial charge in [-0.15, -0.1) is 10.2 Å². The number of hydrogen-bond donors (Lipinski definition) is 1. The predicted molar refractivity (Wildman–Crippen MR) is 118 cm³/mol. The van der Waals surface area contributed by atoms with Crippen LogP contribution in [0.1, 0.15) is 25.1 Å². The molecule has 0 radical (unpaired) electrons. The average molecular weight is 476 g/mol. The molecule has 0 aliphatic carbocycles. The lowest BCUT2D eigenvalue weighted by atomic mass is 10.1. The van der Waals surface area contributed by atoms with E-state index in [0.717, 1.165) is 60.1 Å². The lowest BCUT2D eigenvalue weighted by Gasteiger charge is -2.17. The van der Waals surface area contributed by atoms with Gasteiger partial charge in [-0.25, -0.2) is 17.2 Å². The Morgan fingerprint density at radius 2 is 1.85 bits per heavy atom. The van der Waals surface area contributed by atoms with Crippen LogP contribution in [-0.2, 0) is 27.8 Å². The largest absolute Gasteiger partial charge is 0.325 e. The van der Waals surface area contributed by atoms with Gasteiger partial charge in [0.1, 0.15) is 17.5 Å². The van der Waals surface area contributed by atoms with Gasteiger partial charge in [-0.3, -0.25) is 4.79 Å². The zero-order valence-corrected chi connectivity index (χ0v) is 18.8. The minimum atomic E-state index is -3.98. The molecule has 0 atom stereocenters. The number of nitrogens with zero attached hydrogens (tertiary/aromatic N) is 4. The quantitative estimate of drug-likeness (QED) is 0.591. The van der Waals surface area contributed by atoms with Gasteiger partial charge < -0.3 is 9.88 Å². The molecule has 1 N–H and O–H groups in total. The maximum Gasteiger partial charge on any atom is 0.243 e. The molecule has 0 saturated carbocycles. The molecule has 11 heteroatoms. The monoisotopic (exact) mass is 475 g/mol. The summed E-state index contributed by atoms with van der Waals surface area (Å²) in [6.07, 6.45) is 3.80. The van der Waals surface area contributed by atoms with E-state index in [0.29, 0.717) is 18.1 Å². The fourth-order valence-electron chi connectivity index (χ4n) is 3.73. The number of anilines is 1. The fourth-order valence-corrected chi connectivity index (χ4v) is 4.86. The number of carbonyl (C=O) groups is 1. The highest BCUT2D eigenvalue weighted by molar-refractivity contribution is 7.89. The van der Waals surface area contributed by atoms with Gasteiger partial charge in [0.05, 0.1) is 17.0 Å². The molecule has 1 amide bonds. The fraction of sp³-hybridized carbons (Fsp3) is 0.318. The molecular formula is C22H23F2N5O3S. The van der Waals surface area contributed by atoms with Crippen LogP contribution < -0.4 is 5.32 Å². The standard InChI is InChI=1S/C22H23F2N5O3S/c1-28(33(31,32)17-9-6-15(23)7-10-17)14-21(30)25-16-8-11-19(24)18(13-16)22-27-26-20-5-3-2-4-12-29(20)22/h6-11,13H,2-5,12,14H2,1H3,(H,25,30). The van der Waals surface area contributed by atoms with Crippen LogP contribution in [-0.4, -0.2) is 47.0 Å². The average Bonchev–Trinajstić information content (AvgIpc) is 3.02. The van der Waals surface area contributed by atoms with Crippen molar-refractivity contribution >= 4 is 21.6 Å². The molecule has 2 heterocycles. The molecule has 1 aliphatic rings. The summed E-state index contributed by atoms with van der Waals surface area (Å²) in [7, 11) is -2.73. The summed E-state index contributed by atoms with van der Waals surface area (Å²) in [4.78, 5) is 12.4. The van der Waals surface area contributed by atoms with Crippen molar-refractivity contribution in [3.05, 3.63) is 59.9 Å². The summed E-state index contributed by atoms with van der Waals surface area (Å²) in [5, 5.41) is 10.9. The van der Waals surface area contributed by atoms with Crippen molar-refractivity contribution in [2.45, 2.75) is 37.1 Å². The SMILES string of the molecule is CN(CC(=O)Nc1ccc(F)c(-c2nnc3n2CCCCC3)c1)S(=O)(=O)c1ccc(F)cc1. The molecular weight excluding hydrogens is 452 g/mol. The Hall–Kier alpha value is -3.18. The first-order valence-electron chi connectivity index (χ1n) is 10.5. The van der Waals surface area contributed by atoms with Crippen LogP contribution in [0.25, 0.3) is 11.4 Å². The number of hydrogen-bond acceptors (Lipinski definition) is 5. The molecule has 0 unspecified atom stereocenters. The zero-order valence-electron chi connectivity index (χ0n) is 18.0. The van der Waals surface area contributed by atoms with Gasteiger partial charge in [-0.05, 0) is 55.3 Å². The Bertz CT molecular complexity index is 1280. The van der Waals surface area contributed by atoms with Crippen molar-refractivity contribution in [2.75, 3.05) is 18.9 Å². The second-order valence-corrected chi connectivity index (χ2v) is 9.90. The summed E-state index contributed by atoms with van der Waals surface area (Å²) in [6.45, 7) is 0.215. The summed E-state index contributed by atoms with van der Waals surface area (Å²) >= 11 is 0. The molecule has 1 aliphatic heterocycles. The van der Waals surface area contributed by atoms with E-state index >= 15 is 0 Å². The summed E-state index contributed by atoms with van der Waals surface area (Å²) in [6, 6.07) is 8.41. The van der Waals surface area contributed by atoms with E-state index in [1.165, 1.54) is 25.2 Å². The van der Waals surface area contributed by atoms with E-state index < -0.39 is 34.1 Å². The topological polar surface area (TPSA) is 97.2 Å². The van der Waals surface area contributed by atoms with E-state index in [2.05, 4.69) is 15.5 Å². The molecule has 0 bridgehead atoms. The molecule has 1 aromatic heterocycles. The minimum Gasteiger partial charge on any atom is -0.325 e. The smallest absolute Gasteiger partial charge is 0.243 e. The molecule has 2 aromatic carbocycles. The van der Waals surface area contributed by atoms with Crippen LogP contribution in [0.15, 0.2) is 47.4 Å². The number of sulfonamides is 1. The van der Waals surface area contributed by atoms with Gasteiger partial charge in [0.2, 0.25) is 15.9 Å². The van der Waals surface area contributed by atoms with Crippen LogP contribution in [0.5, 0.6) is 0 Å². The summed E-state index contributed by atoms with van der Waals surface area (Å²) < 4.78 is 55.7. The Balaban J connectivity index is 1.50. The number of amides is 1. The molecule has 0 spiro atoms. The van der Waals surface area contributed by atoms with E-state index in [-0.39, 0.29) is 10.5 Å². The first-order chi connectivity index (χ1) is 15.8. The minimum absolute atomic E-state index is 0.129. The summed E-state index contributed by atoms with van der Waals surface area (Å²) in [5.41, 5.74) is 0.510. The third-order valence-electron chi connectivity index (χ3n) is 5.49. The van der Waals surface area contributed by atoms with Crippen molar-refractivity contribution < 1.29 is 22.0 Å². The first-order valence-corrected chi connectivity index (χ1v) is 11.9. The van der Waals surface area contributed by atoms with E-state index in [9.17, 15) is 22.0 Å². The van der Waals surface area contributed by atoms with Gasteiger partial charge >= 0.3 is 0 Å². The van der Waals surface area contributed by atoms with Gasteiger partial charge in [0.25, 0.3) is 0 Å².